The van der Waals surface area contributed by atoms with Crippen LogP contribution in [0.25, 0.3) is 0 Å². The van der Waals surface area contributed by atoms with E-state index in [0.717, 1.165) is 11.3 Å². The number of hydrogen-bond acceptors (Lipinski definition) is 5. The number of para-hydroxylation sites is 1. The molecule has 2 aromatic carbocycles. The van der Waals surface area contributed by atoms with Gasteiger partial charge in [-0.15, -0.1) is 0 Å². The van der Waals surface area contributed by atoms with Crippen molar-refractivity contribution >= 4 is 35.1 Å². The van der Waals surface area contributed by atoms with Crippen LogP contribution >= 0.6 is 0 Å². The number of rotatable bonds is 4. The fourth-order valence-electron chi connectivity index (χ4n) is 5.14. The molecule has 0 N–H and O–H groups in total. The summed E-state index contributed by atoms with van der Waals surface area (Å²) in [6.45, 7) is 4.04. The van der Waals surface area contributed by atoms with Crippen LogP contribution in [0.3, 0.4) is 0 Å². The van der Waals surface area contributed by atoms with E-state index < -0.39 is 11.9 Å². The zero-order valence-electron chi connectivity index (χ0n) is 19.2. The van der Waals surface area contributed by atoms with E-state index in [1.807, 2.05) is 43.3 Å². The molecular weight excluding hydrogens is 432 g/mol. The van der Waals surface area contributed by atoms with Crippen molar-refractivity contribution in [1.82, 2.24) is 0 Å². The number of hydrogen-bond donors (Lipinski definition) is 0. The third-order valence-electron chi connectivity index (χ3n) is 6.98. The van der Waals surface area contributed by atoms with Crippen molar-refractivity contribution in [3.05, 3.63) is 65.7 Å². The first-order valence-electron chi connectivity index (χ1n) is 11.5. The smallest absolute Gasteiger partial charge is 0.316 e. The molecule has 3 atom stereocenters. The normalized spacial score (nSPS) is 24.4. The van der Waals surface area contributed by atoms with Crippen molar-refractivity contribution in [2.75, 3.05) is 16.3 Å². The minimum atomic E-state index is -0.562. The number of allylic oxidation sites excluding steroid dienone is 2. The zero-order valence-corrected chi connectivity index (χ0v) is 19.2. The van der Waals surface area contributed by atoms with Gasteiger partial charge in [-0.05, 0) is 62.6 Å². The molecule has 7 heteroatoms. The maximum atomic E-state index is 13.0. The monoisotopic (exact) mass is 458 g/mol. The van der Waals surface area contributed by atoms with E-state index in [1.54, 1.807) is 30.0 Å². The first-order chi connectivity index (χ1) is 16.3. The molecule has 5 rings (SSSR count). The van der Waals surface area contributed by atoms with Gasteiger partial charge in [-0.3, -0.25) is 19.2 Å². The number of benzene rings is 2. The number of carbonyl (C=O) groups excluding carboxylic acids is 4. The van der Waals surface area contributed by atoms with Crippen LogP contribution in [0.4, 0.5) is 11.4 Å². The maximum absolute atomic E-state index is 13.0. The fourth-order valence-corrected chi connectivity index (χ4v) is 5.14. The molecule has 2 saturated heterocycles. The van der Waals surface area contributed by atoms with Gasteiger partial charge in [-0.2, -0.15) is 0 Å². The zero-order chi connectivity index (χ0) is 24.0. The molecule has 2 aliphatic heterocycles. The first kappa shape index (κ1) is 22.1. The van der Waals surface area contributed by atoms with E-state index in [0.29, 0.717) is 29.8 Å². The minimum absolute atomic E-state index is 0.0950. The lowest BCUT2D eigenvalue weighted by Crippen LogP contribution is -2.31. The summed E-state index contributed by atoms with van der Waals surface area (Å²) in [5.41, 5.74) is 3.09. The summed E-state index contributed by atoms with van der Waals surface area (Å²) < 4.78 is 5.58. The van der Waals surface area contributed by atoms with Gasteiger partial charge in [0.2, 0.25) is 17.7 Å². The Hall–Kier alpha value is -3.74. The molecule has 0 radical (unpaired) electrons. The second-order valence-electron chi connectivity index (χ2n) is 9.33. The first-order valence-corrected chi connectivity index (χ1v) is 11.5. The number of anilines is 2. The largest absolute Gasteiger partial charge is 0.426 e. The van der Waals surface area contributed by atoms with Gasteiger partial charge >= 0.3 is 5.97 Å². The molecule has 174 valence electrons. The SMILES string of the molecule is CC1=CC[C@@H]2C(=O)N(c3ccc(OC(=O)[C@H]4CC(=O)N(c5ccccc5)C4)cc3C)C(=O)[C@@H]2C1. The Morgan fingerprint density at radius 3 is 2.41 bits per heavy atom. The van der Waals surface area contributed by atoms with Crippen LogP contribution < -0.4 is 14.5 Å². The average Bonchev–Trinajstić information content (AvgIpc) is 3.32. The number of fused-ring (bicyclic) bond motifs is 1. The molecule has 34 heavy (non-hydrogen) atoms. The molecule has 0 unspecified atom stereocenters. The van der Waals surface area contributed by atoms with Crippen molar-refractivity contribution in [3.63, 3.8) is 0 Å². The second-order valence-corrected chi connectivity index (χ2v) is 9.33. The third kappa shape index (κ3) is 3.81. The summed E-state index contributed by atoms with van der Waals surface area (Å²) >= 11 is 0. The Morgan fingerprint density at radius 2 is 1.68 bits per heavy atom. The van der Waals surface area contributed by atoms with Crippen molar-refractivity contribution in [1.29, 1.82) is 0 Å². The molecule has 0 saturated carbocycles. The summed E-state index contributed by atoms with van der Waals surface area (Å²) in [7, 11) is 0. The number of esters is 1. The van der Waals surface area contributed by atoms with Crippen molar-refractivity contribution < 1.29 is 23.9 Å². The van der Waals surface area contributed by atoms with Crippen LogP contribution in [-0.4, -0.2) is 30.2 Å². The highest BCUT2D eigenvalue weighted by Gasteiger charge is 2.49. The molecule has 3 aliphatic rings. The Bertz CT molecular complexity index is 1220. The van der Waals surface area contributed by atoms with Crippen LogP contribution in [-0.2, 0) is 19.2 Å². The van der Waals surface area contributed by atoms with E-state index in [-0.39, 0.29) is 42.5 Å². The van der Waals surface area contributed by atoms with Gasteiger partial charge in [0.25, 0.3) is 0 Å². The Balaban J connectivity index is 1.28. The Morgan fingerprint density at radius 1 is 0.941 bits per heavy atom. The molecule has 0 bridgehead atoms. The fraction of sp³-hybridized carbons (Fsp3) is 0.333. The summed E-state index contributed by atoms with van der Waals surface area (Å²) in [5.74, 6) is -1.77. The number of carbonyl (C=O) groups is 4. The number of amides is 3. The van der Waals surface area contributed by atoms with Gasteiger partial charge in [-0.25, -0.2) is 4.90 Å². The van der Waals surface area contributed by atoms with Gasteiger partial charge in [0, 0.05) is 18.7 Å². The van der Waals surface area contributed by atoms with Crippen molar-refractivity contribution in [2.24, 2.45) is 17.8 Å². The van der Waals surface area contributed by atoms with Crippen LogP contribution in [0.1, 0.15) is 31.7 Å². The van der Waals surface area contributed by atoms with Gasteiger partial charge < -0.3 is 9.64 Å². The predicted octanol–water partition coefficient (Wildman–Crippen LogP) is 3.80. The topological polar surface area (TPSA) is 84.0 Å². The van der Waals surface area contributed by atoms with Gasteiger partial charge in [0.05, 0.1) is 23.4 Å². The number of nitrogens with zero attached hydrogens (tertiary/aromatic N) is 2. The molecule has 2 heterocycles. The highest BCUT2D eigenvalue weighted by Crippen LogP contribution is 2.41. The lowest BCUT2D eigenvalue weighted by molar-refractivity contribution is -0.139. The minimum Gasteiger partial charge on any atom is -0.426 e. The summed E-state index contributed by atoms with van der Waals surface area (Å²) in [4.78, 5) is 54.1. The van der Waals surface area contributed by atoms with Crippen LogP contribution in [0.5, 0.6) is 5.75 Å². The van der Waals surface area contributed by atoms with E-state index in [2.05, 4.69) is 0 Å². The van der Waals surface area contributed by atoms with Crippen LogP contribution in [0, 0.1) is 24.7 Å². The van der Waals surface area contributed by atoms with Crippen molar-refractivity contribution in [3.8, 4) is 5.75 Å². The van der Waals surface area contributed by atoms with Gasteiger partial charge in [-0.1, -0.05) is 29.8 Å². The Labute approximate surface area is 198 Å². The highest BCUT2D eigenvalue weighted by molar-refractivity contribution is 6.22. The summed E-state index contributed by atoms with van der Waals surface area (Å²) in [6.07, 6.45) is 3.34. The van der Waals surface area contributed by atoms with E-state index >= 15 is 0 Å². The third-order valence-corrected chi connectivity index (χ3v) is 6.98. The van der Waals surface area contributed by atoms with Gasteiger partial charge in [0.1, 0.15) is 5.75 Å². The molecule has 1 aliphatic carbocycles. The molecule has 2 aromatic rings. The predicted molar refractivity (Wildman–Crippen MR) is 126 cm³/mol. The van der Waals surface area contributed by atoms with Crippen molar-refractivity contribution in [2.45, 2.75) is 33.1 Å². The number of ether oxygens (including phenoxy) is 1. The molecular formula is C27H26N2O5. The lowest BCUT2D eigenvalue weighted by Gasteiger charge is -2.19. The molecule has 0 aromatic heterocycles. The number of imide groups is 1. The summed E-state index contributed by atoms with van der Waals surface area (Å²) in [5, 5.41) is 0. The quantitative estimate of drug-likeness (QED) is 0.301. The number of aryl methyl sites for hydroxylation is 1. The Kier molecular flexibility index (Phi) is 5.55. The van der Waals surface area contributed by atoms with Gasteiger partial charge in [0.15, 0.2) is 0 Å². The average molecular weight is 459 g/mol. The van der Waals surface area contributed by atoms with Crippen LogP contribution in [0.2, 0.25) is 0 Å². The summed E-state index contributed by atoms with van der Waals surface area (Å²) in [6, 6.07) is 14.1. The van der Waals surface area contributed by atoms with E-state index in [1.165, 1.54) is 4.90 Å². The second kappa shape index (κ2) is 8.56. The molecule has 3 amide bonds. The lowest BCUT2D eigenvalue weighted by atomic mass is 9.82. The van der Waals surface area contributed by atoms with E-state index in [4.69, 9.17) is 4.74 Å². The molecule has 7 nitrogen and oxygen atoms in total. The standard InChI is InChI=1S/C27H26N2O5/c1-16-8-10-21-22(12-16)26(32)29(25(21)31)23-11-9-20(13-17(23)2)34-27(33)18-14-24(30)28(15-18)19-6-4-3-5-7-19/h3-9,11,13,18,21-22H,10,12,14-15H2,1-2H3/t18-,21-,22+/m0/s1. The molecule has 0 spiro atoms. The van der Waals surface area contributed by atoms with Crippen LogP contribution in [0.15, 0.2) is 60.2 Å². The highest BCUT2D eigenvalue weighted by atomic mass is 16.5. The molecule has 2 fully saturated rings. The maximum Gasteiger partial charge on any atom is 0.316 e. The van der Waals surface area contributed by atoms with E-state index in [9.17, 15) is 19.2 Å².